The zero-order valence-electron chi connectivity index (χ0n) is 47.6. The monoisotopic (exact) mass is 1190 g/mol. The van der Waals surface area contributed by atoms with Crippen LogP contribution in [0.4, 0.5) is 0 Å². The molecule has 1 heterocycles. The number of fused-ring (bicyclic) bond motifs is 1. The van der Waals surface area contributed by atoms with Crippen LogP contribution in [0.15, 0.2) is 79.0 Å². The summed E-state index contributed by atoms with van der Waals surface area (Å²) in [6, 6.07) is 12.2. The van der Waals surface area contributed by atoms with Gasteiger partial charge in [0.25, 0.3) is 0 Å². The average molecular weight is 1190 g/mol. The predicted molar refractivity (Wildman–Crippen MR) is 311 cm³/mol. The van der Waals surface area contributed by atoms with Crippen LogP contribution in [0.2, 0.25) is 0 Å². The number of aliphatic carboxylic acids is 1. The number of benzene rings is 3. The largest absolute Gasteiger partial charge is 0.481 e. The van der Waals surface area contributed by atoms with Gasteiger partial charge in [-0.1, -0.05) is 80.6 Å². The Hall–Kier alpha value is -7.60. The molecule has 26 heteroatoms. The Morgan fingerprint density at radius 3 is 1.80 bits per heavy atom. The Morgan fingerprint density at radius 2 is 1.25 bits per heavy atom. The summed E-state index contributed by atoms with van der Waals surface area (Å²) >= 11 is 1.40. The first-order valence-electron chi connectivity index (χ1n) is 27.1. The smallest absolute Gasteiger partial charge is 0.329 e. The lowest BCUT2D eigenvalue weighted by atomic mass is 9.98. The minimum Gasteiger partial charge on any atom is -0.481 e. The maximum absolute atomic E-state index is 14.9. The number of aryl methyl sites for hydroxylation is 1. The van der Waals surface area contributed by atoms with Crippen LogP contribution >= 0.6 is 19.4 Å². The molecule has 24 nitrogen and oxygen atoms in total. The summed E-state index contributed by atoms with van der Waals surface area (Å²) in [4.78, 5) is 159. The highest BCUT2D eigenvalue weighted by Crippen LogP contribution is 2.39. The van der Waals surface area contributed by atoms with Gasteiger partial charge in [0.1, 0.15) is 47.3 Å². The molecule has 1 fully saturated rings. The van der Waals surface area contributed by atoms with Crippen LogP contribution in [0.1, 0.15) is 101 Å². The average Bonchev–Trinajstić information content (AvgIpc) is 2.77. The van der Waals surface area contributed by atoms with Gasteiger partial charge in [-0.2, -0.15) is 11.8 Å². The molecule has 0 aliphatic heterocycles. The molecule has 450 valence electrons. The second-order valence-electron chi connectivity index (χ2n) is 22.0. The summed E-state index contributed by atoms with van der Waals surface area (Å²) in [6.45, 7) is 9.52. The first-order chi connectivity index (χ1) is 39.0. The Morgan fingerprint density at radius 1 is 0.699 bits per heavy atom. The van der Waals surface area contributed by atoms with Crippen molar-refractivity contribution in [3.63, 3.8) is 0 Å². The van der Waals surface area contributed by atoms with Gasteiger partial charge in [0.05, 0.1) is 6.16 Å². The molecule has 1 aliphatic rings. The summed E-state index contributed by atoms with van der Waals surface area (Å²) < 4.78 is 11.8. The molecule has 1 aromatic heterocycles. The van der Waals surface area contributed by atoms with Crippen molar-refractivity contribution in [1.29, 1.82) is 0 Å². The van der Waals surface area contributed by atoms with Gasteiger partial charge in [0, 0.05) is 49.7 Å². The lowest BCUT2D eigenvalue weighted by Crippen LogP contribution is -2.63. The summed E-state index contributed by atoms with van der Waals surface area (Å²) in [5.41, 5.74) is 5.78. The van der Waals surface area contributed by atoms with Crippen LogP contribution < -0.4 is 48.3 Å². The van der Waals surface area contributed by atoms with Crippen molar-refractivity contribution in [2.75, 3.05) is 12.0 Å². The van der Waals surface area contributed by atoms with Crippen LogP contribution in [-0.2, 0) is 77.9 Å². The highest BCUT2D eigenvalue weighted by atomic mass is 32.2. The van der Waals surface area contributed by atoms with Crippen LogP contribution in [0, 0.1) is 12.8 Å². The van der Waals surface area contributed by atoms with Crippen LogP contribution in [-0.4, -0.2) is 138 Å². The zero-order chi connectivity index (χ0) is 61.4. The Kier molecular flexibility index (Phi) is 23.6. The number of nitrogens with two attached hydrogens (primary N) is 1. The molecule has 9 amide bonds. The fourth-order valence-electron chi connectivity index (χ4n) is 9.19. The number of thioether (sulfide) groups is 1. The van der Waals surface area contributed by atoms with Crippen molar-refractivity contribution in [2.24, 2.45) is 11.7 Å². The van der Waals surface area contributed by atoms with E-state index in [1.165, 1.54) is 56.8 Å². The molecule has 1 aliphatic carbocycles. The van der Waals surface area contributed by atoms with Gasteiger partial charge in [0.15, 0.2) is 0 Å². The number of rotatable bonds is 32. The number of nitrogens with one attached hydrogen (secondary N) is 9. The number of carboxylic acids is 1. The highest BCUT2D eigenvalue weighted by molar-refractivity contribution is 7.98. The van der Waals surface area contributed by atoms with Crippen LogP contribution in [0.3, 0.4) is 0 Å². The Balaban J connectivity index is 1.46. The van der Waals surface area contributed by atoms with E-state index in [0.717, 1.165) is 11.1 Å². The number of carbonyl (C=O) groups excluding carboxylic acids is 9. The van der Waals surface area contributed by atoms with Crippen molar-refractivity contribution < 1.29 is 67.4 Å². The van der Waals surface area contributed by atoms with E-state index < -0.39 is 133 Å². The third-order valence-electron chi connectivity index (χ3n) is 13.9. The zero-order valence-corrected chi connectivity index (χ0v) is 49.3. The summed E-state index contributed by atoms with van der Waals surface area (Å²) in [7, 11) is -4.49. The topological polar surface area (TPSA) is 387 Å². The number of carbonyl (C=O) groups is 10. The fourth-order valence-corrected chi connectivity index (χ4v) is 10.3. The number of aromatic nitrogens is 1. The summed E-state index contributed by atoms with van der Waals surface area (Å²) in [5, 5.41) is 31.7. The van der Waals surface area contributed by atoms with E-state index in [9.17, 15) is 67.4 Å². The number of hydrogen-bond acceptors (Lipinski definition) is 12. The molecule has 0 radical (unpaired) electrons. The summed E-state index contributed by atoms with van der Waals surface area (Å²) in [5.74, 6) is -8.06. The molecule has 0 bridgehead atoms. The van der Waals surface area contributed by atoms with Crippen LogP contribution in [0.5, 0.6) is 0 Å². The number of amides is 9. The fraction of sp³-hybridized carbons (Fsp3) is 0.474. The van der Waals surface area contributed by atoms with Gasteiger partial charge in [-0.05, 0) is 105 Å². The quantitative estimate of drug-likeness (QED) is 0.0310. The van der Waals surface area contributed by atoms with E-state index in [2.05, 4.69) is 47.5 Å². The molecule has 0 spiro atoms. The molecule has 6 atom stereocenters. The van der Waals surface area contributed by atoms with Gasteiger partial charge in [-0.15, -0.1) is 0 Å². The number of hydrogen-bond donors (Lipinski definition) is 13. The second kappa shape index (κ2) is 29.6. The number of aromatic amines is 1. The number of carboxylic acid groups (broad SMARTS) is 1. The Bertz CT molecular complexity index is 3050. The molecular formula is C57H77N10O14PS. The van der Waals surface area contributed by atoms with Crippen molar-refractivity contribution in [2.45, 2.75) is 153 Å². The lowest BCUT2D eigenvalue weighted by Gasteiger charge is -2.31. The molecule has 83 heavy (non-hydrogen) atoms. The van der Waals surface area contributed by atoms with E-state index in [4.69, 9.17) is 5.73 Å². The van der Waals surface area contributed by atoms with Crippen molar-refractivity contribution >= 4 is 89.4 Å². The maximum Gasteiger partial charge on any atom is 0.329 e. The SMILES string of the molecule is CSCC[C@H](NC(=O)[C@H](Cc1ccccc1)NC(C)=O)C(=O)NC(C)(C)C(=O)N[C@@H](Cc1ccc(CP(=O)(O)O)cc1)C(=O)N[C@H](Cc1c[nH]c2cc(C)ccc12)C(=O)N[C@@H](CCC(=O)O)C(=O)NC1(C(=O)N[C@@H](CC(C)C)C(N)=O)CC1. The highest BCUT2D eigenvalue weighted by Gasteiger charge is 2.52. The van der Waals surface area contributed by atoms with Crippen molar-refractivity contribution in [3.05, 3.63) is 107 Å². The minimum atomic E-state index is -4.49. The molecule has 1 saturated carbocycles. The molecule has 0 saturated heterocycles. The van der Waals surface area contributed by atoms with Gasteiger partial charge in [-0.25, -0.2) is 0 Å². The lowest BCUT2D eigenvalue weighted by molar-refractivity contribution is -0.139. The third-order valence-corrected chi connectivity index (χ3v) is 15.3. The van der Waals surface area contributed by atoms with E-state index >= 15 is 0 Å². The maximum atomic E-state index is 14.9. The first kappa shape index (κ1) is 66.2. The van der Waals surface area contributed by atoms with E-state index in [1.54, 1.807) is 48.9 Å². The van der Waals surface area contributed by atoms with Gasteiger partial charge in [-0.3, -0.25) is 52.5 Å². The van der Waals surface area contributed by atoms with E-state index in [0.29, 0.717) is 27.8 Å². The Labute approximate surface area is 485 Å². The van der Waals surface area contributed by atoms with Crippen molar-refractivity contribution in [1.82, 2.24) is 47.5 Å². The molecular weight excluding hydrogens is 1110 g/mol. The van der Waals surface area contributed by atoms with Crippen molar-refractivity contribution in [3.8, 4) is 0 Å². The van der Waals surface area contributed by atoms with E-state index in [-0.39, 0.29) is 56.4 Å². The molecule has 5 rings (SSSR count). The molecule has 3 aromatic carbocycles. The predicted octanol–water partition coefficient (Wildman–Crippen LogP) is 1.80. The van der Waals surface area contributed by atoms with E-state index in [1.807, 2.05) is 32.9 Å². The first-order valence-corrected chi connectivity index (χ1v) is 30.3. The second-order valence-corrected chi connectivity index (χ2v) is 24.7. The normalized spacial score (nSPS) is 15.0. The minimum absolute atomic E-state index is 0.0333. The summed E-state index contributed by atoms with van der Waals surface area (Å²) in [6.07, 6.45) is 1.99. The number of H-pyrrole nitrogens is 1. The molecule has 0 unspecified atom stereocenters. The standard InChI is InChI=1S/C57H77N10O14PS/c1-32(2)25-43(48(58)71)64-55(78)57(22-23-57)67-53(76)40(19-20-47(69)70)61-51(74)46(29-38-30-59-42-26-33(3)13-18-39(38)42)63-50(73)45(28-36-14-16-37(17-15-36)31-82(79,80)81)65-54(77)56(5,6)66-52(75)41(21-24-83-7)62-49(72)44(60-34(4)68)27-35-11-9-8-10-12-35/h8-18,26,30,32,40-41,43-46,59H,19-25,27-29,31H2,1-7H3,(H2,58,71)(H,60,68)(H,61,74)(H,62,72)(H,63,73)(H,64,78)(H,65,77)(H,66,75)(H,67,76)(H,69,70)(H2,79,80,81)/t40-,41-,43-,44-,45-,46+/m0/s1. The number of primary amides is 1. The van der Waals surface area contributed by atoms with Crippen LogP contribution in [0.25, 0.3) is 10.9 Å². The van der Waals surface area contributed by atoms with Gasteiger partial charge >= 0.3 is 13.6 Å². The molecule has 4 aromatic rings. The molecule has 14 N–H and O–H groups in total. The third kappa shape index (κ3) is 20.7. The van der Waals surface area contributed by atoms with Gasteiger partial charge < -0.3 is 68.1 Å². The van der Waals surface area contributed by atoms with Gasteiger partial charge in [0.2, 0.25) is 53.2 Å².